The van der Waals surface area contributed by atoms with Gasteiger partial charge in [0.25, 0.3) is 0 Å². The number of hydrogen-bond donors (Lipinski definition) is 2. The number of carboxylic acid groups (broad SMARTS) is 1. The predicted molar refractivity (Wildman–Crippen MR) is 90.5 cm³/mol. The van der Waals surface area contributed by atoms with Gasteiger partial charge in [0.2, 0.25) is 0 Å². The van der Waals surface area contributed by atoms with Gasteiger partial charge in [0.05, 0.1) is 7.11 Å². The van der Waals surface area contributed by atoms with Gasteiger partial charge in [-0.15, -0.1) is 0 Å². The van der Waals surface area contributed by atoms with Crippen molar-refractivity contribution in [2.24, 2.45) is 0 Å². The molecule has 122 valence electrons. The minimum absolute atomic E-state index is 0.0387. The van der Waals surface area contributed by atoms with Crippen molar-refractivity contribution in [3.63, 3.8) is 0 Å². The fraction of sp³-hybridized carbons (Fsp3) is 0.316. The Balaban J connectivity index is 2.76. The van der Waals surface area contributed by atoms with Crippen molar-refractivity contribution in [1.29, 1.82) is 0 Å². The van der Waals surface area contributed by atoms with Crippen molar-refractivity contribution < 1.29 is 19.7 Å². The second kappa shape index (κ2) is 5.95. The summed E-state index contributed by atoms with van der Waals surface area (Å²) in [5, 5.41) is 19.9. The van der Waals surface area contributed by atoms with E-state index < -0.39 is 5.97 Å². The molecule has 0 atom stereocenters. The van der Waals surface area contributed by atoms with Crippen LogP contribution in [-0.4, -0.2) is 23.3 Å². The van der Waals surface area contributed by atoms with E-state index in [0.717, 1.165) is 16.9 Å². The zero-order valence-corrected chi connectivity index (χ0v) is 14.1. The van der Waals surface area contributed by atoms with E-state index in [0.29, 0.717) is 11.1 Å². The van der Waals surface area contributed by atoms with Crippen molar-refractivity contribution in [3.8, 4) is 22.6 Å². The summed E-state index contributed by atoms with van der Waals surface area (Å²) in [4.78, 5) is 11.6. The Morgan fingerprint density at radius 3 is 2.13 bits per heavy atom. The van der Waals surface area contributed by atoms with Gasteiger partial charge in [-0.2, -0.15) is 0 Å². The Morgan fingerprint density at radius 2 is 1.70 bits per heavy atom. The van der Waals surface area contributed by atoms with Crippen LogP contribution < -0.4 is 4.74 Å². The molecule has 0 saturated carbocycles. The highest BCUT2D eigenvalue weighted by molar-refractivity contribution is 5.96. The SMILES string of the molecule is COc1ccc(-c2cc(C(C)(C)C)c(O)c(C(=O)O)c2C)cc1. The number of aromatic hydroxyl groups is 1. The summed E-state index contributed by atoms with van der Waals surface area (Å²) in [6, 6.07) is 9.31. The van der Waals surface area contributed by atoms with Gasteiger partial charge < -0.3 is 14.9 Å². The van der Waals surface area contributed by atoms with E-state index in [1.165, 1.54) is 0 Å². The second-order valence-electron chi connectivity index (χ2n) is 6.60. The van der Waals surface area contributed by atoms with E-state index in [1.807, 2.05) is 51.1 Å². The molecule has 0 bridgehead atoms. The van der Waals surface area contributed by atoms with Crippen LogP contribution >= 0.6 is 0 Å². The van der Waals surface area contributed by atoms with Crippen LogP contribution in [0.5, 0.6) is 11.5 Å². The molecule has 2 aromatic carbocycles. The van der Waals surface area contributed by atoms with E-state index in [-0.39, 0.29) is 16.7 Å². The molecule has 2 N–H and O–H groups in total. The molecule has 4 heteroatoms. The summed E-state index contributed by atoms with van der Waals surface area (Å²) in [6.07, 6.45) is 0. The largest absolute Gasteiger partial charge is 0.507 e. The number of hydrogen-bond acceptors (Lipinski definition) is 3. The lowest BCUT2D eigenvalue weighted by atomic mass is 9.81. The minimum Gasteiger partial charge on any atom is -0.507 e. The third-order valence-corrected chi connectivity index (χ3v) is 3.98. The van der Waals surface area contributed by atoms with Crippen LogP contribution in [0, 0.1) is 6.92 Å². The van der Waals surface area contributed by atoms with Crippen LogP contribution in [0.2, 0.25) is 0 Å². The van der Waals surface area contributed by atoms with E-state index >= 15 is 0 Å². The first-order chi connectivity index (χ1) is 10.7. The maximum absolute atomic E-state index is 11.6. The molecule has 0 heterocycles. The first-order valence-electron chi connectivity index (χ1n) is 7.41. The van der Waals surface area contributed by atoms with Crippen LogP contribution in [-0.2, 0) is 5.41 Å². The van der Waals surface area contributed by atoms with Gasteiger partial charge in [0.15, 0.2) is 0 Å². The predicted octanol–water partition coefficient (Wildman–Crippen LogP) is 4.37. The van der Waals surface area contributed by atoms with Gasteiger partial charge in [0, 0.05) is 5.56 Å². The van der Waals surface area contributed by atoms with Gasteiger partial charge in [-0.1, -0.05) is 32.9 Å². The van der Waals surface area contributed by atoms with Crippen LogP contribution in [0.15, 0.2) is 30.3 Å². The number of methoxy groups -OCH3 is 1. The molecule has 0 amide bonds. The number of phenols is 1. The normalized spacial score (nSPS) is 11.3. The van der Waals surface area contributed by atoms with Gasteiger partial charge in [-0.3, -0.25) is 0 Å². The topological polar surface area (TPSA) is 66.8 Å². The molecule has 0 saturated heterocycles. The zero-order valence-electron chi connectivity index (χ0n) is 14.1. The monoisotopic (exact) mass is 314 g/mol. The molecule has 0 aliphatic heterocycles. The highest BCUT2D eigenvalue weighted by atomic mass is 16.5. The Kier molecular flexibility index (Phi) is 4.37. The molecule has 0 radical (unpaired) electrons. The van der Waals surface area contributed by atoms with Crippen LogP contribution in [0.1, 0.15) is 42.3 Å². The molecule has 2 rings (SSSR count). The van der Waals surface area contributed by atoms with E-state index in [4.69, 9.17) is 4.74 Å². The lowest BCUT2D eigenvalue weighted by Gasteiger charge is -2.24. The molecule has 0 spiro atoms. The molecule has 2 aromatic rings. The average molecular weight is 314 g/mol. The summed E-state index contributed by atoms with van der Waals surface area (Å²) in [5.74, 6) is -0.541. The Bertz CT molecular complexity index is 737. The van der Waals surface area contributed by atoms with Crippen LogP contribution in [0.3, 0.4) is 0 Å². The van der Waals surface area contributed by atoms with E-state index in [2.05, 4.69) is 0 Å². The fourth-order valence-corrected chi connectivity index (χ4v) is 2.67. The van der Waals surface area contributed by atoms with Gasteiger partial charge >= 0.3 is 5.97 Å². The molecular weight excluding hydrogens is 292 g/mol. The number of ether oxygens (including phenoxy) is 1. The van der Waals surface area contributed by atoms with E-state index in [1.54, 1.807) is 14.0 Å². The standard InChI is InChI=1S/C19H22O4/c1-11-14(12-6-8-13(23-5)9-7-12)10-15(19(2,3)4)17(20)16(11)18(21)22/h6-10,20H,1-5H3,(H,21,22). The number of benzene rings is 2. The summed E-state index contributed by atoms with van der Waals surface area (Å²) >= 11 is 0. The lowest BCUT2D eigenvalue weighted by molar-refractivity contribution is 0.0692. The van der Waals surface area contributed by atoms with Gasteiger partial charge in [0.1, 0.15) is 17.1 Å². The van der Waals surface area contributed by atoms with Crippen molar-refractivity contribution in [2.75, 3.05) is 7.11 Å². The minimum atomic E-state index is -1.12. The van der Waals surface area contributed by atoms with Crippen molar-refractivity contribution in [3.05, 3.63) is 47.0 Å². The summed E-state index contributed by atoms with van der Waals surface area (Å²) < 4.78 is 5.16. The lowest BCUT2D eigenvalue weighted by Crippen LogP contribution is -2.15. The highest BCUT2D eigenvalue weighted by Crippen LogP contribution is 2.40. The maximum atomic E-state index is 11.6. The van der Waals surface area contributed by atoms with Crippen molar-refractivity contribution >= 4 is 5.97 Å². The summed E-state index contributed by atoms with van der Waals surface area (Å²) in [6.45, 7) is 7.55. The Hall–Kier alpha value is -2.49. The molecule has 0 fully saturated rings. The number of carbonyl (C=O) groups is 1. The summed E-state index contributed by atoms with van der Waals surface area (Å²) in [7, 11) is 1.60. The number of rotatable bonds is 3. The van der Waals surface area contributed by atoms with Crippen molar-refractivity contribution in [1.82, 2.24) is 0 Å². The molecule has 23 heavy (non-hydrogen) atoms. The molecule has 0 aliphatic carbocycles. The van der Waals surface area contributed by atoms with E-state index in [9.17, 15) is 15.0 Å². The number of aromatic carboxylic acids is 1. The average Bonchev–Trinajstić information content (AvgIpc) is 2.46. The van der Waals surface area contributed by atoms with Crippen molar-refractivity contribution in [2.45, 2.75) is 33.1 Å². The quantitative estimate of drug-likeness (QED) is 0.882. The third-order valence-electron chi connectivity index (χ3n) is 3.98. The third kappa shape index (κ3) is 3.16. The molecule has 4 nitrogen and oxygen atoms in total. The molecule has 0 aromatic heterocycles. The van der Waals surface area contributed by atoms with Crippen LogP contribution in [0.4, 0.5) is 0 Å². The van der Waals surface area contributed by atoms with Crippen LogP contribution in [0.25, 0.3) is 11.1 Å². The zero-order chi connectivity index (χ0) is 17.4. The first kappa shape index (κ1) is 16.9. The first-order valence-corrected chi connectivity index (χ1v) is 7.41. The highest BCUT2D eigenvalue weighted by Gasteiger charge is 2.26. The molecule has 0 unspecified atom stereocenters. The smallest absolute Gasteiger partial charge is 0.339 e. The van der Waals surface area contributed by atoms with Gasteiger partial charge in [-0.05, 0) is 47.2 Å². The number of carboxylic acids is 1. The fourth-order valence-electron chi connectivity index (χ4n) is 2.67. The maximum Gasteiger partial charge on any atom is 0.339 e. The molecule has 0 aliphatic rings. The Morgan fingerprint density at radius 1 is 1.13 bits per heavy atom. The second-order valence-corrected chi connectivity index (χ2v) is 6.60. The molecular formula is C19H22O4. The van der Waals surface area contributed by atoms with Gasteiger partial charge in [-0.25, -0.2) is 4.79 Å². The Labute approximate surface area is 136 Å². The summed E-state index contributed by atoms with van der Waals surface area (Å²) in [5.41, 5.74) is 2.44.